The van der Waals surface area contributed by atoms with Crippen LogP contribution in [-0.4, -0.2) is 26.4 Å². The molecule has 0 aliphatic carbocycles. The monoisotopic (exact) mass is 380 g/mol. The number of nitrogens with one attached hydrogen (secondary N) is 2. The molecule has 0 radical (unpaired) electrons. The molecule has 0 unspecified atom stereocenters. The number of hydrogen-bond acceptors (Lipinski definition) is 4. The minimum absolute atomic E-state index is 0.467. The van der Waals surface area contributed by atoms with Gasteiger partial charge in [-0.05, 0) is 49.0 Å². The Balaban J connectivity index is 2.07. The van der Waals surface area contributed by atoms with Gasteiger partial charge in [0.05, 0.1) is 21.3 Å². The van der Waals surface area contributed by atoms with E-state index in [2.05, 4.69) is 10.6 Å². The predicted molar refractivity (Wildman–Crippen MR) is 105 cm³/mol. The van der Waals surface area contributed by atoms with Crippen LogP contribution in [0.1, 0.15) is 11.1 Å². The van der Waals surface area contributed by atoms with Crippen LogP contribution in [-0.2, 0) is 6.54 Å². The third kappa shape index (κ3) is 4.67. The Kier molecular flexibility index (Phi) is 6.73. The standard InChI is InChI=1S/C18H21ClN2O3S/c1-11-5-7-13(9-14(11)19)21-18(25)20-10-12-6-8-15(22-2)17(24-4)16(12)23-3/h5-9H,10H2,1-4H3,(H2,20,21,25). The summed E-state index contributed by atoms with van der Waals surface area (Å²) < 4.78 is 16.1. The lowest BCUT2D eigenvalue weighted by molar-refractivity contribution is 0.322. The number of halogens is 1. The van der Waals surface area contributed by atoms with Gasteiger partial charge in [-0.25, -0.2) is 0 Å². The van der Waals surface area contributed by atoms with E-state index in [-0.39, 0.29) is 0 Å². The van der Waals surface area contributed by atoms with E-state index >= 15 is 0 Å². The molecule has 0 bridgehead atoms. The van der Waals surface area contributed by atoms with Gasteiger partial charge in [-0.3, -0.25) is 0 Å². The van der Waals surface area contributed by atoms with Crippen molar-refractivity contribution in [2.75, 3.05) is 26.6 Å². The fourth-order valence-electron chi connectivity index (χ4n) is 2.32. The first-order valence-electron chi connectivity index (χ1n) is 7.59. The third-order valence-electron chi connectivity index (χ3n) is 3.65. The number of aryl methyl sites for hydroxylation is 1. The number of hydrogen-bond donors (Lipinski definition) is 2. The molecule has 7 heteroatoms. The molecule has 2 N–H and O–H groups in total. The van der Waals surface area contributed by atoms with E-state index in [0.29, 0.717) is 33.9 Å². The molecule has 134 valence electrons. The van der Waals surface area contributed by atoms with Gasteiger partial charge in [0.1, 0.15) is 0 Å². The second-order valence-corrected chi connectivity index (χ2v) is 6.08. The molecule has 0 aromatic heterocycles. The number of methoxy groups -OCH3 is 3. The second-order valence-electron chi connectivity index (χ2n) is 5.27. The van der Waals surface area contributed by atoms with Crippen LogP contribution >= 0.6 is 23.8 Å². The fourth-order valence-corrected chi connectivity index (χ4v) is 2.69. The van der Waals surface area contributed by atoms with Gasteiger partial charge in [-0.2, -0.15) is 0 Å². The highest BCUT2D eigenvalue weighted by Crippen LogP contribution is 2.39. The summed E-state index contributed by atoms with van der Waals surface area (Å²) in [5.41, 5.74) is 2.74. The van der Waals surface area contributed by atoms with Crippen molar-refractivity contribution >= 4 is 34.6 Å². The molecule has 2 aromatic carbocycles. The van der Waals surface area contributed by atoms with Gasteiger partial charge >= 0.3 is 0 Å². The highest BCUT2D eigenvalue weighted by molar-refractivity contribution is 7.80. The Hall–Kier alpha value is -2.18. The zero-order chi connectivity index (χ0) is 18.4. The van der Waals surface area contributed by atoms with Crippen molar-refractivity contribution in [1.82, 2.24) is 5.32 Å². The van der Waals surface area contributed by atoms with Crippen LogP contribution in [0.4, 0.5) is 5.69 Å². The maximum atomic E-state index is 6.13. The Morgan fingerprint density at radius 3 is 2.36 bits per heavy atom. The lowest BCUT2D eigenvalue weighted by Gasteiger charge is -2.17. The van der Waals surface area contributed by atoms with E-state index < -0.39 is 0 Å². The van der Waals surface area contributed by atoms with Crippen LogP contribution in [0, 0.1) is 6.92 Å². The smallest absolute Gasteiger partial charge is 0.203 e. The Labute approximate surface area is 158 Å². The molecule has 0 spiro atoms. The van der Waals surface area contributed by atoms with E-state index in [1.54, 1.807) is 21.3 Å². The number of ether oxygens (including phenoxy) is 3. The number of thiocarbonyl (C=S) groups is 1. The molecule has 2 rings (SSSR count). The van der Waals surface area contributed by atoms with E-state index in [4.69, 9.17) is 38.0 Å². The summed E-state index contributed by atoms with van der Waals surface area (Å²) in [6.45, 7) is 2.42. The maximum Gasteiger partial charge on any atom is 0.203 e. The molecule has 0 saturated heterocycles. The van der Waals surface area contributed by atoms with Gasteiger partial charge in [-0.15, -0.1) is 0 Å². The van der Waals surface area contributed by atoms with Crippen LogP contribution in [0.25, 0.3) is 0 Å². The predicted octanol–water partition coefficient (Wildman–Crippen LogP) is 4.16. The topological polar surface area (TPSA) is 51.8 Å². The third-order valence-corrected chi connectivity index (χ3v) is 4.31. The summed E-state index contributed by atoms with van der Waals surface area (Å²) in [6, 6.07) is 9.42. The zero-order valence-electron chi connectivity index (χ0n) is 14.6. The molecule has 0 atom stereocenters. The van der Waals surface area contributed by atoms with E-state index in [1.165, 1.54) is 0 Å². The van der Waals surface area contributed by atoms with E-state index in [1.807, 2.05) is 37.3 Å². The largest absolute Gasteiger partial charge is 0.493 e. The molecule has 0 fully saturated rings. The van der Waals surface area contributed by atoms with Crippen molar-refractivity contribution in [3.63, 3.8) is 0 Å². The van der Waals surface area contributed by atoms with Crippen LogP contribution in [0.15, 0.2) is 30.3 Å². The number of rotatable bonds is 6. The van der Waals surface area contributed by atoms with Crippen molar-refractivity contribution in [1.29, 1.82) is 0 Å². The highest BCUT2D eigenvalue weighted by atomic mass is 35.5. The first-order valence-corrected chi connectivity index (χ1v) is 8.37. The highest BCUT2D eigenvalue weighted by Gasteiger charge is 2.15. The molecule has 5 nitrogen and oxygen atoms in total. The summed E-state index contributed by atoms with van der Waals surface area (Å²) in [6.07, 6.45) is 0. The number of anilines is 1. The van der Waals surface area contributed by atoms with Crippen molar-refractivity contribution in [3.8, 4) is 17.2 Å². The Bertz CT molecular complexity index is 768. The molecule has 0 aliphatic heterocycles. The van der Waals surface area contributed by atoms with Gasteiger partial charge in [-0.1, -0.05) is 17.7 Å². The van der Waals surface area contributed by atoms with Gasteiger partial charge in [0, 0.05) is 22.8 Å². The van der Waals surface area contributed by atoms with Crippen LogP contribution < -0.4 is 24.8 Å². The van der Waals surface area contributed by atoms with Gasteiger partial charge in [0.25, 0.3) is 0 Å². The molecule has 0 amide bonds. The Morgan fingerprint density at radius 1 is 1.04 bits per heavy atom. The molecule has 2 aromatic rings. The van der Waals surface area contributed by atoms with Crippen LogP contribution in [0.5, 0.6) is 17.2 Å². The lowest BCUT2D eigenvalue weighted by atomic mass is 10.1. The normalized spacial score (nSPS) is 10.1. The van der Waals surface area contributed by atoms with Crippen molar-refractivity contribution in [2.24, 2.45) is 0 Å². The minimum Gasteiger partial charge on any atom is -0.493 e. The van der Waals surface area contributed by atoms with Crippen molar-refractivity contribution in [2.45, 2.75) is 13.5 Å². The van der Waals surface area contributed by atoms with Crippen LogP contribution in [0.3, 0.4) is 0 Å². The molecule has 25 heavy (non-hydrogen) atoms. The van der Waals surface area contributed by atoms with Gasteiger partial charge in [0.15, 0.2) is 16.6 Å². The number of benzene rings is 2. The SMILES string of the molecule is COc1ccc(CNC(=S)Nc2ccc(C)c(Cl)c2)c(OC)c1OC. The van der Waals surface area contributed by atoms with E-state index in [9.17, 15) is 0 Å². The quantitative estimate of drug-likeness (QED) is 0.734. The maximum absolute atomic E-state index is 6.13. The molecular weight excluding hydrogens is 360 g/mol. The van der Waals surface area contributed by atoms with Crippen molar-refractivity contribution in [3.05, 3.63) is 46.5 Å². The Morgan fingerprint density at radius 2 is 1.76 bits per heavy atom. The summed E-state index contributed by atoms with van der Waals surface area (Å²) in [7, 11) is 4.75. The summed E-state index contributed by atoms with van der Waals surface area (Å²) in [5.74, 6) is 1.77. The average molecular weight is 381 g/mol. The second kappa shape index (κ2) is 8.78. The van der Waals surface area contributed by atoms with Gasteiger partial charge < -0.3 is 24.8 Å². The molecule has 0 aliphatic rings. The molecule has 0 heterocycles. The summed E-state index contributed by atoms with van der Waals surface area (Å²) in [5, 5.41) is 7.43. The summed E-state index contributed by atoms with van der Waals surface area (Å²) >= 11 is 11.5. The summed E-state index contributed by atoms with van der Waals surface area (Å²) in [4.78, 5) is 0. The van der Waals surface area contributed by atoms with Crippen molar-refractivity contribution < 1.29 is 14.2 Å². The molecule has 0 saturated carbocycles. The zero-order valence-corrected chi connectivity index (χ0v) is 16.2. The van der Waals surface area contributed by atoms with Crippen LogP contribution in [0.2, 0.25) is 5.02 Å². The first kappa shape index (κ1) is 19.1. The van der Waals surface area contributed by atoms with E-state index in [0.717, 1.165) is 16.8 Å². The molecular formula is C18H21ClN2O3S. The first-order chi connectivity index (χ1) is 12.0. The minimum atomic E-state index is 0.467. The fraction of sp³-hybridized carbons (Fsp3) is 0.278. The average Bonchev–Trinajstić information content (AvgIpc) is 2.61. The van der Waals surface area contributed by atoms with Gasteiger partial charge in [0.2, 0.25) is 5.75 Å². The lowest BCUT2D eigenvalue weighted by Crippen LogP contribution is -2.28.